The van der Waals surface area contributed by atoms with Crippen LogP contribution in [-0.4, -0.2) is 6.04 Å². The smallest absolute Gasteiger partial charge is 0.143 e. The molecule has 1 aliphatic rings. The maximum absolute atomic E-state index is 13.2. The number of rotatable bonds is 2. The van der Waals surface area contributed by atoms with Gasteiger partial charge in [-0.3, -0.25) is 0 Å². The molecule has 0 heterocycles. The van der Waals surface area contributed by atoms with Gasteiger partial charge >= 0.3 is 0 Å². The molecule has 76 valence electrons. The quantitative estimate of drug-likeness (QED) is 0.748. The van der Waals surface area contributed by atoms with Gasteiger partial charge in [0, 0.05) is 11.7 Å². The van der Waals surface area contributed by atoms with Crippen molar-refractivity contribution in [1.29, 1.82) is 5.26 Å². The molecule has 3 heteroatoms. The summed E-state index contributed by atoms with van der Waals surface area (Å²) in [5.74, 6) is -0.464. The monoisotopic (exact) mass is 202 g/mol. The van der Waals surface area contributed by atoms with Crippen LogP contribution in [-0.2, 0) is 0 Å². The lowest BCUT2D eigenvalue weighted by atomic mass is 10.2. The molecule has 1 aromatic carbocycles. The molecule has 0 saturated heterocycles. The largest absolute Gasteiger partial charge is 0.382 e. The van der Waals surface area contributed by atoms with Crippen molar-refractivity contribution in [3.8, 4) is 6.07 Å². The Labute approximate surface area is 88.0 Å². The first-order chi connectivity index (χ1) is 7.29. The van der Waals surface area contributed by atoms with E-state index >= 15 is 0 Å². The molecule has 0 spiro atoms. The molecule has 0 fully saturated rings. The molecular weight excluding hydrogens is 191 g/mol. The average molecular weight is 202 g/mol. The van der Waals surface area contributed by atoms with E-state index in [1.807, 2.05) is 0 Å². The summed E-state index contributed by atoms with van der Waals surface area (Å²) >= 11 is 0. The zero-order valence-corrected chi connectivity index (χ0v) is 8.20. The first-order valence-corrected chi connectivity index (χ1v) is 4.91. The number of nitrogens with zero attached hydrogens (tertiary/aromatic N) is 1. The van der Waals surface area contributed by atoms with Crippen molar-refractivity contribution in [3.05, 3.63) is 41.7 Å². The number of benzene rings is 1. The third-order valence-corrected chi connectivity index (χ3v) is 2.47. The zero-order valence-electron chi connectivity index (χ0n) is 8.20. The summed E-state index contributed by atoms with van der Waals surface area (Å²) in [5, 5.41) is 11.8. The minimum atomic E-state index is -0.464. The summed E-state index contributed by atoms with van der Waals surface area (Å²) in [6, 6.07) is 6.77. The van der Waals surface area contributed by atoms with Crippen molar-refractivity contribution in [3.63, 3.8) is 0 Å². The summed E-state index contributed by atoms with van der Waals surface area (Å²) in [5.41, 5.74) is 0.824. The average Bonchev–Trinajstić information content (AvgIpc) is 2.71. The third kappa shape index (κ3) is 2.16. The van der Waals surface area contributed by atoms with Gasteiger partial charge in [0.2, 0.25) is 0 Å². The molecule has 0 amide bonds. The maximum atomic E-state index is 13.2. The summed E-state index contributed by atoms with van der Waals surface area (Å²) in [4.78, 5) is 0. The van der Waals surface area contributed by atoms with Crippen molar-refractivity contribution in [2.75, 3.05) is 5.32 Å². The van der Waals surface area contributed by atoms with Crippen molar-refractivity contribution < 1.29 is 4.39 Å². The van der Waals surface area contributed by atoms with Gasteiger partial charge in [0.25, 0.3) is 0 Å². The van der Waals surface area contributed by atoms with Gasteiger partial charge in [-0.25, -0.2) is 4.39 Å². The van der Waals surface area contributed by atoms with Crippen LogP contribution in [0.2, 0.25) is 0 Å². The predicted molar refractivity (Wildman–Crippen MR) is 56.9 cm³/mol. The number of anilines is 1. The molecule has 2 rings (SSSR count). The first-order valence-electron chi connectivity index (χ1n) is 4.91. The fraction of sp³-hybridized carbons (Fsp3) is 0.250. The van der Waals surface area contributed by atoms with Gasteiger partial charge in [-0.1, -0.05) is 12.2 Å². The highest BCUT2D eigenvalue weighted by Gasteiger charge is 2.10. The molecular formula is C12H11FN2. The second kappa shape index (κ2) is 4.14. The Morgan fingerprint density at radius 2 is 2.07 bits per heavy atom. The number of halogens is 1. The van der Waals surface area contributed by atoms with Crippen LogP contribution in [0.3, 0.4) is 0 Å². The highest BCUT2D eigenvalue weighted by Crippen LogP contribution is 2.19. The van der Waals surface area contributed by atoms with E-state index in [0.29, 0.717) is 6.04 Å². The van der Waals surface area contributed by atoms with Crippen molar-refractivity contribution >= 4 is 5.69 Å². The first kappa shape index (κ1) is 9.72. The van der Waals surface area contributed by atoms with Crippen LogP contribution < -0.4 is 5.32 Å². The molecule has 1 N–H and O–H groups in total. The van der Waals surface area contributed by atoms with Crippen LogP contribution in [0.25, 0.3) is 0 Å². The van der Waals surface area contributed by atoms with E-state index in [9.17, 15) is 4.39 Å². The predicted octanol–water partition coefficient (Wildman–Crippen LogP) is 2.83. The van der Waals surface area contributed by atoms with Crippen LogP contribution in [0.4, 0.5) is 10.1 Å². The molecule has 0 aliphatic heterocycles. The summed E-state index contributed by atoms with van der Waals surface area (Å²) in [7, 11) is 0. The lowest BCUT2D eigenvalue weighted by Crippen LogP contribution is -2.15. The SMILES string of the molecule is N#Cc1ccc(NC2CC=CC2)cc1F. The number of nitrogens with one attached hydrogen (secondary N) is 1. The Bertz CT molecular complexity index is 424. The van der Waals surface area contributed by atoms with Gasteiger partial charge < -0.3 is 5.32 Å². The van der Waals surface area contributed by atoms with Crippen molar-refractivity contribution in [2.24, 2.45) is 0 Å². The Balaban J connectivity index is 2.10. The second-order valence-electron chi connectivity index (χ2n) is 3.59. The topological polar surface area (TPSA) is 35.8 Å². The number of hydrogen-bond acceptors (Lipinski definition) is 2. The molecule has 15 heavy (non-hydrogen) atoms. The normalized spacial score (nSPS) is 15.2. The molecule has 0 aromatic heterocycles. The van der Waals surface area contributed by atoms with Crippen LogP contribution in [0, 0.1) is 17.1 Å². The van der Waals surface area contributed by atoms with E-state index in [-0.39, 0.29) is 5.56 Å². The maximum Gasteiger partial charge on any atom is 0.143 e. The molecule has 1 aliphatic carbocycles. The van der Waals surface area contributed by atoms with E-state index in [1.165, 1.54) is 12.1 Å². The number of hydrogen-bond donors (Lipinski definition) is 1. The summed E-state index contributed by atoms with van der Waals surface area (Å²) in [6.07, 6.45) is 6.17. The third-order valence-electron chi connectivity index (χ3n) is 2.47. The fourth-order valence-corrected chi connectivity index (χ4v) is 1.67. The van der Waals surface area contributed by atoms with Gasteiger partial charge in [0.05, 0.1) is 5.56 Å². The zero-order chi connectivity index (χ0) is 10.7. The fourth-order valence-electron chi connectivity index (χ4n) is 1.67. The Kier molecular flexibility index (Phi) is 2.68. The molecule has 1 aromatic rings. The minimum absolute atomic E-state index is 0.0881. The molecule has 0 unspecified atom stereocenters. The van der Waals surface area contributed by atoms with E-state index in [4.69, 9.17) is 5.26 Å². The van der Waals surface area contributed by atoms with Crippen LogP contribution in [0.15, 0.2) is 30.4 Å². The van der Waals surface area contributed by atoms with Gasteiger partial charge in [-0.15, -0.1) is 0 Å². The summed E-state index contributed by atoms with van der Waals surface area (Å²) in [6.45, 7) is 0. The van der Waals surface area contributed by atoms with Crippen LogP contribution in [0.1, 0.15) is 18.4 Å². The van der Waals surface area contributed by atoms with Gasteiger partial charge in [0.15, 0.2) is 0 Å². The van der Waals surface area contributed by atoms with Gasteiger partial charge in [-0.05, 0) is 31.0 Å². The second-order valence-corrected chi connectivity index (χ2v) is 3.59. The Hall–Kier alpha value is -1.82. The number of nitriles is 1. The highest BCUT2D eigenvalue weighted by molar-refractivity contribution is 5.49. The van der Waals surface area contributed by atoms with Crippen molar-refractivity contribution in [2.45, 2.75) is 18.9 Å². The lowest BCUT2D eigenvalue weighted by molar-refractivity contribution is 0.623. The molecule has 2 nitrogen and oxygen atoms in total. The van der Waals surface area contributed by atoms with Gasteiger partial charge in [0.1, 0.15) is 11.9 Å². The van der Waals surface area contributed by atoms with E-state index < -0.39 is 5.82 Å². The Morgan fingerprint density at radius 1 is 1.33 bits per heavy atom. The summed E-state index contributed by atoms with van der Waals surface area (Å²) < 4.78 is 13.2. The van der Waals surface area contributed by atoms with E-state index in [1.54, 1.807) is 12.1 Å². The van der Waals surface area contributed by atoms with Crippen molar-refractivity contribution in [1.82, 2.24) is 0 Å². The molecule has 0 atom stereocenters. The molecule has 0 bridgehead atoms. The van der Waals surface area contributed by atoms with Crippen LogP contribution >= 0.6 is 0 Å². The molecule has 0 saturated carbocycles. The highest BCUT2D eigenvalue weighted by atomic mass is 19.1. The lowest BCUT2D eigenvalue weighted by Gasteiger charge is -2.13. The van der Waals surface area contributed by atoms with Gasteiger partial charge in [-0.2, -0.15) is 5.26 Å². The minimum Gasteiger partial charge on any atom is -0.382 e. The van der Waals surface area contributed by atoms with E-state index in [0.717, 1.165) is 18.5 Å². The van der Waals surface area contributed by atoms with Crippen LogP contribution in [0.5, 0.6) is 0 Å². The van der Waals surface area contributed by atoms with E-state index in [2.05, 4.69) is 17.5 Å². The standard InChI is InChI=1S/C12H11FN2/c13-12-7-11(6-5-9(12)8-14)15-10-3-1-2-4-10/h1-2,5-7,10,15H,3-4H2. The Morgan fingerprint density at radius 3 is 2.67 bits per heavy atom. The molecule has 0 radical (unpaired) electrons.